The highest BCUT2D eigenvalue weighted by molar-refractivity contribution is 7.87. The van der Waals surface area contributed by atoms with E-state index in [-0.39, 0.29) is 43.6 Å². The van der Waals surface area contributed by atoms with E-state index in [0.717, 1.165) is 0 Å². The van der Waals surface area contributed by atoms with Crippen LogP contribution in [0, 0.1) is 23.2 Å². The molecule has 0 aromatic carbocycles. The standard InChI is InChI=1S/C21H24F2O13S/c22-21(23,37(29,30)31)19(28)34-9-15(25)36-16-11-3-10-4-12(16)7-20(5-10,6-11)18(27)33-8-14(24)35-13-1-2-32-17(13)26/h10-13,16H,1-9H2,(H,29,30,31). The molecule has 0 spiro atoms. The summed E-state index contributed by atoms with van der Waals surface area (Å²) in [5.41, 5.74) is -0.907. The van der Waals surface area contributed by atoms with E-state index >= 15 is 0 Å². The van der Waals surface area contributed by atoms with Gasteiger partial charge in [0.25, 0.3) is 0 Å². The summed E-state index contributed by atoms with van der Waals surface area (Å²) in [6.07, 6.45) is 0.819. The number of rotatable bonds is 9. The van der Waals surface area contributed by atoms with Crippen molar-refractivity contribution >= 4 is 40.0 Å². The van der Waals surface area contributed by atoms with E-state index in [1.54, 1.807) is 0 Å². The third-order valence-electron chi connectivity index (χ3n) is 7.25. The van der Waals surface area contributed by atoms with E-state index in [4.69, 9.17) is 23.5 Å². The van der Waals surface area contributed by atoms with Crippen molar-refractivity contribution in [2.45, 2.75) is 56.0 Å². The van der Waals surface area contributed by atoms with Crippen LogP contribution in [0.15, 0.2) is 0 Å². The number of cyclic esters (lactones) is 1. The zero-order valence-corrected chi connectivity index (χ0v) is 20.1. The Labute approximate surface area is 208 Å². The first-order chi connectivity index (χ1) is 17.2. The third kappa shape index (κ3) is 5.39. The van der Waals surface area contributed by atoms with Crippen molar-refractivity contribution in [3.8, 4) is 0 Å². The van der Waals surface area contributed by atoms with E-state index in [2.05, 4.69) is 4.74 Å². The Morgan fingerprint density at radius 2 is 1.59 bits per heavy atom. The van der Waals surface area contributed by atoms with Crippen LogP contribution < -0.4 is 0 Å². The zero-order valence-electron chi connectivity index (χ0n) is 19.3. The fourth-order valence-corrected chi connectivity index (χ4v) is 6.24. The summed E-state index contributed by atoms with van der Waals surface area (Å²) in [6.45, 7) is -1.84. The number of carbonyl (C=O) groups is 5. The maximum Gasteiger partial charge on any atom is 0.465 e. The average molecular weight is 554 g/mol. The van der Waals surface area contributed by atoms with Crippen molar-refractivity contribution < 1.29 is 69.4 Å². The molecule has 1 heterocycles. The summed E-state index contributed by atoms with van der Waals surface area (Å²) in [5, 5.41) is -5.24. The lowest BCUT2D eigenvalue weighted by molar-refractivity contribution is -0.200. The highest BCUT2D eigenvalue weighted by atomic mass is 32.2. The lowest BCUT2D eigenvalue weighted by Gasteiger charge is -2.57. The Kier molecular flexibility index (Phi) is 7.18. The molecule has 0 aromatic rings. The maximum absolute atomic E-state index is 13.3. The van der Waals surface area contributed by atoms with Crippen molar-refractivity contribution in [2.24, 2.45) is 23.2 Å². The Bertz CT molecular complexity index is 1090. The molecule has 4 aliphatic carbocycles. The van der Waals surface area contributed by atoms with Gasteiger partial charge in [0, 0.05) is 6.42 Å². The number of hydrogen-bond donors (Lipinski definition) is 1. The Hall–Kier alpha value is -2.88. The van der Waals surface area contributed by atoms with Crippen LogP contribution in [-0.2, 0) is 57.8 Å². The van der Waals surface area contributed by atoms with Gasteiger partial charge >= 0.3 is 45.2 Å². The molecule has 4 saturated carbocycles. The topological polar surface area (TPSA) is 186 Å². The van der Waals surface area contributed by atoms with Crippen LogP contribution in [-0.4, -0.2) is 80.1 Å². The van der Waals surface area contributed by atoms with Gasteiger partial charge in [0.15, 0.2) is 13.2 Å². The van der Waals surface area contributed by atoms with E-state index in [1.165, 1.54) is 0 Å². The molecule has 0 aromatic heterocycles. The molecule has 1 aliphatic heterocycles. The lowest BCUT2D eigenvalue weighted by atomic mass is 9.48. The minimum absolute atomic E-state index is 0.131. The summed E-state index contributed by atoms with van der Waals surface area (Å²) >= 11 is 0. The average Bonchev–Trinajstić information content (AvgIpc) is 3.21. The van der Waals surface area contributed by atoms with Crippen LogP contribution in [0.3, 0.4) is 0 Å². The van der Waals surface area contributed by atoms with Gasteiger partial charge < -0.3 is 23.7 Å². The van der Waals surface area contributed by atoms with Gasteiger partial charge in [0.05, 0.1) is 12.0 Å². The Balaban J connectivity index is 1.29. The molecule has 5 aliphatic rings. The first kappa shape index (κ1) is 27.2. The second kappa shape index (κ2) is 9.78. The minimum atomic E-state index is -6.08. The van der Waals surface area contributed by atoms with Gasteiger partial charge in [-0.3, -0.25) is 9.35 Å². The zero-order chi connectivity index (χ0) is 27.2. The van der Waals surface area contributed by atoms with Crippen LogP contribution in [0.25, 0.3) is 0 Å². The Morgan fingerprint density at radius 1 is 1.00 bits per heavy atom. The molecule has 3 atom stereocenters. The van der Waals surface area contributed by atoms with E-state index in [0.29, 0.717) is 19.3 Å². The van der Waals surface area contributed by atoms with E-state index in [1.807, 2.05) is 0 Å². The highest BCUT2D eigenvalue weighted by Gasteiger charge is 2.60. The molecule has 16 heteroatoms. The quantitative estimate of drug-likeness (QED) is 0.231. The first-order valence-electron chi connectivity index (χ1n) is 11.5. The monoisotopic (exact) mass is 554 g/mol. The fraction of sp³-hybridized carbons (Fsp3) is 0.762. The van der Waals surface area contributed by atoms with Crippen molar-refractivity contribution in [1.29, 1.82) is 0 Å². The molecule has 3 unspecified atom stereocenters. The highest BCUT2D eigenvalue weighted by Crippen LogP contribution is 2.61. The van der Waals surface area contributed by atoms with Gasteiger partial charge in [0.2, 0.25) is 6.10 Å². The van der Waals surface area contributed by atoms with Gasteiger partial charge in [-0.25, -0.2) is 19.2 Å². The van der Waals surface area contributed by atoms with Crippen LogP contribution in [0.1, 0.15) is 38.5 Å². The van der Waals surface area contributed by atoms with Gasteiger partial charge in [-0.05, 0) is 49.9 Å². The molecule has 1 N–H and O–H groups in total. The molecule has 4 bridgehead atoms. The van der Waals surface area contributed by atoms with Crippen LogP contribution >= 0.6 is 0 Å². The van der Waals surface area contributed by atoms with Gasteiger partial charge in [-0.15, -0.1) is 0 Å². The van der Waals surface area contributed by atoms with Crippen molar-refractivity contribution in [1.82, 2.24) is 0 Å². The molecule has 0 amide bonds. The van der Waals surface area contributed by atoms with Gasteiger partial charge in [-0.2, -0.15) is 17.2 Å². The molecule has 5 fully saturated rings. The fourth-order valence-electron chi connectivity index (χ4n) is 5.97. The number of esters is 5. The molecule has 0 radical (unpaired) electrons. The van der Waals surface area contributed by atoms with Crippen molar-refractivity contribution in [3.05, 3.63) is 0 Å². The first-order valence-corrected chi connectivity index (χ1v) is 12.9. The summed E-state index contributed by atoms with van der Waals surface area (Å²) in [5.74, 6) is -6.40. The second-order valence-corrected chi connectivity index (χ2v) is 11.2. The smallest absolute Gasteiger partial charge is 0.463 e. The molecular formula is C21H24F2O13S. The molecule has 13 nitrogen and oxygen atoms in total. The summed E-state index contributed by atoms with van der Waals surface area (Å²) in [4.78, 5) is 59.8. The SMILES string of the molecule is O=C(COC(=O)C12CC3CC(C1)C(OC(=O)COC(=O)C(F)(F)S(=O)(=O)O)C(C3)C2)OC1CCOC1=O. The predicted molar refractivity (Wildman–Crippen MR) is 110 cm³/mol. The Morgan fingerprint density at radius 3 is 2.16 bits per heavy atom. The predicted octanol–water partition coefficient (Wildman–Crippen LogP) is 0.150. The molecule has 5 rings (SSSR count). The molecular weight excluding hydrogens is 530 g/mol. The van der Waals surface area contributed by atoms with Gasteiger partial charge in [-0.1, -0.05) is 0 Å². The summed E-state index contributed by atoms with van der Waals surface area (Å²) in [7, 11) is -6.08. The van der Waals surface area contributed by atoms with E-state index < -0.39 is 76.1 Å². The number of carbonyl (C=O) groups excluding carboxylic acids is 5. The molecule has 206 valence electrons. The van der Waals surface area contributed by atoms with Crippen molar-refractivity contribution in [3.63, 3.8) is 0 Å². The molecule has 1 saturated heterocycles. The lowest BCUT2D eigenvalue weighted by Crippen LogP contribution is -2.57. The number of ether oxygens (including phenoxy) is 5. The number of halogens is 2. The third-order valence-corrected chi connectivity index (χ3v) is 8.07. The normalized spacial score (nSPS) is 32.4. The maximum atomic E-state index is 13.3. The second-order valence-electron chi connectivity index (χ2n) is 9.78. The van der Waals surface area contributed by atoms with Gasteiger partial charge in [0.1, 0.15) is 6.10 Å². The largest absolute Gasteiger partial charge is 0.465 e. The molecule has 37 heavy (non-hydrogen) atoms. The summed E-state index contributed by atoms with van der Waals surface area (Å²) in [6, 6.07) is 0. The van der Waals surface area contributed by atoms with Crippen molar-refractivity contribution in [2.75, 3.05) is 19.8 Å². The van der Waals surface area contributed by atoms with Crippen LogP contribution in [0.4, 0.5) is 8.78 Å². The van der Waals surface area contributed by atoms with E-state index in [9.17, 15) is 41.2 Å². The van der Waals surface area contributed by atoms with Crippen LogP contribution in [0.2, 0.25) is 0 Å². The van der Waals surface area contributed by atoms with Crippen LogP contribution in [0.5, 0.6) is 0 Å². The number of alkyl halides is 2. The minimum Gasteiger partial charge on any atom is -0.463 e. The summed E-state index contributed by atoms with van der Waals surface area (Å²) < 4.78 is 80.3. The number of hydrogen-bond acceptors (Lipinski definition) is 12.